The first kappa shape index (κ1) is 17.9. The van der Waals surface area contributed by atoms with Gasteiger partial charge in [-0.1, -0.05) is 12.8 Å². The molecule has 0 bridgehead atoms. The third-order valence-corrected chi connectivity index (χ3v) is 4.24. The number of nitrogens with zero attached hydrogens (tertiary/aromatic N) is 1. The Hall–Kier alpha value is -1.14. The van der Waals surface area contributed by atoms with Gasteiger partial charge in [0.1, 0.15) is 0 Å². The summed E-state index contributed by atoms with van der Waals surface area (Å²) >= 11 is 0. The molecule has 1 fully saturated rings. The van der Waals surface area contributed by atoms with Gasteiger partial charge in [-0.25, -0.2) is 0 Å². The minimum atomic E-state index is -0.241. The molecule has 122 valence electrons. The molecule has 2 unspecified atom stereocenters. The lowest BCUT2D eigenvalue weighted by atomic mass is 9.84. The summed E-state index contributed by atoms with van der Waals surface area (Å²) < 4.78 is 4.55. The fourth-order valence-corrected chi connectivity index (χ4v) is 3.01. The number of nitrogens with one attached hydrogen (secondary N) is 1. The summed E-state index contributed by atoms with van der Waals surface area (Å²) in [7, 11) is 3.36. The number of esters is 1. The molecule has 0 aromatic heterocycles. The zero-order chi connectivity index (χ0) is 15.7. The number of carbonyl (C=O) groups excluding carboxylic acids is 2. The second-order valence-corrected chi connectivity index (χ2v) is 5.79. The van der Waals surface area contributed by atoms with Crippen molar-refractivity contribution in [3.63, 3.8) is 0 Å². The quantitative estimate of drug-likeness (QED) is 0.504. The van der Waals surface area contributed by atoms with Crippen molar-refractivity contribution < 1.29 is 14.3 Å². The van der Waals surface area contributed by atoms with Crippen LogP contribution in [0.25, 0.3) is 0 Å². The minimum absolute atomic E-state index is 0.00344. The van der Waals surface area contributed by atoms with Crippen LogP contribution in [0.15, 0.2) is 0 Å². The standard InChI is InChI=1S/C15H29N3O3/c1-18(13-7-4-3-6-12(13)10-16)11-14(19)17-9-5-8-15(20)21-2/h12-13H,3-11,16H2,1-2H3,(H,17,19). The van der Waals surface area contributed by atoms with Crippen LogP contribution in [0.3, 0.4) is 0 Å². The molecular formula is C15H29N3O3. The van der Waals surface area contributed by atoms with Crippen molar-refractivity contribution in [3.05, 3.63) is 0 Å². The van der Waals surface area contributed by atoms with E-state index in [1.54, 1.807) is 0 Å². The number of amides is 1. The van der Waals surface area contributed by atoms with Crippen LogP contribution in [-0.4, -0.2) is 56.6 Å². The first-order valence-corrected chi connectivity index (χ1v) is 7.82. The van der Waals surface area contributed by atoms with Gasteiger partial charge in [0, 0.05) is 19.0 Å². The van der Waals surface area contributed by atoms with Crippen LogP contribution < -0.4 is 11.1 Å². The third kappa shape index (κ3) is 6.44. The molecule has 1 amide bonds. The van der Waals surface area contributed by atoms with E-state index in [4.69, 9.17) is 5.73 Å². The molecule has 6 nitrogen and oxygen atoms in total. The van der Waals surface area contributed by atoms with E-state index in [1.165, 1.54) is 20.0 Å². The molecule has 1 saturated carbocycles. The Morgan fingerprint density at radius 1 is 1.33 bits per heavy atom. The van der Waals surface area contributed by atoms with E-state index in [9.17, 15) is 9.59 Å². The maximum Gasteiger partial charge on any atom is 0.305 e. The van der Waals surface area contributed by atoms with E-state index in [1.807, 2.05) is 7.05 Å². The zero-order valence-electron chi connectivity index (χ0n) is 13.3. The van der Waals surface area contributed by atoms with Gasteiger partial charge in [0.05, 0.1) is 13.7 Å². The van der Waals surface area contributed by atoms with Crippen molar-refractivity contribution in [2.75, 3.05) is 33.8 Å². The molecule has 1 aliphatic rings. The van der Waals surface area contributed by atoms with Crippen LogP contribution in [0.4, 0.5) is 0 Å². The maximum absolute atomic E-state index is 11.9. The van der Waals surface area contributed by atoms with Crippen LogP contribution in [0, 0.1) is 5.92 Å². The number of rotatable bonds is 8. The molecule has 0 aliphatic heterocycles. The van der Waals surface area contributed by atoms with E-state index < -0.39 is 0 Å². The smallest absolute Gasteiger partial charge is 0.305 e. The van der Waals surface area contributed by atoms with Crippen molar-refractivity contribution in [3.8, 4) is 0 Å². The second-order valence-electron chi connectivity index (χ2n) is 5.79. The molecule has 0 radical (unpaired) electrons. The summed E-state index contributed by atoms with van der Waals surface area (Å²) in [4.78, 5) is 25.0. The monoisotopic (exact) mass is 299 g/mol. The van der Waals surface area contributed by atoms with Crippen LogP contribution in [0.5, 0.6) is 0 Å². The normalized spacial score (nSPS) is 22.1. The summed E-state index contributed by atoms with van der Waals surface area (Å²) in [5.74, 6) is 0.258. The first-order chi connectivity index (χ1) is 10.1. The van der Waals surface area contributed by atoms with Gasteiger partial charge in [-0.3, -0.25) is 14.5 Å². The largest absolute Gasteiger partial charge is 0.469 e. The third-order valence-electron chi connectivity index (χ3n) is 4.24. The Balaban J connectivity index is 2.24. The molecule has 1 aliphatic carbocycles. The van der Waals surface area contributed by atoms with E-state index >= 15 is 0 Å². The molecule has 0 saturated heterocycles. The van der Waals surface area contributed by atoms with Crippen molar-refractivity contribution in [2.45, 2.75) is 44.6 Å². The van der Waals surface area contributed by atoms with Crippen molar-refractivity contribution in [1.82, 2.24) is 10.2 Å². The van der Waals surface area contributed by atoms with Crippen molar-refractivity contribution >= 4 is 11.9 Å². The average molecular weight is 299 g/mol. The van der Waals surface area contributed by atoms with Crippen LogP contribution in [0.2, 0.25) is 0 Å². The highest BCUT2D eigenvalue weighted by atomic mass is 16.5. The van der Waals surface area contributed by atoms with E-state index in [-0.39, 0.29) is 11.9 Å². The van der Waals surface area contributed by atoms with Crippen LogP contribution in [0.1, 0.15) is 38.5 Å². The van der Waals surface area contributed by atoms with Gasteiger partial charge in [0.25, 0.3) is 0 Å². The van der Waals surface area contributed by atoms with Gasteiger partial charge in [-0.05, 0) is 38.8 Å². The molecule has 0 aromatic carbocycles. The lowest BCUT2D eigenvalue weighted by Crippen LogP contribution is -2.47. The second kappa shape index (κ2) is 9.73. The van der Waals surface area contributed by atoms with Gasteiger partial charge in [0.15, 0.2) is 0 Å². The predicted octanol–water partition coefficient (Wildman–Crippen LogP) is 0.505. The van der Waals surface area contributed by atoms with Gasteiger partial charge >= 0.3 is 5.97 Å². The van der Waals surface area contributed by atoms with Crippen LogP contribution >= 0.6 is 0 Å². The molecule has 0 heterocycles. The Morgan fingerprint density at radius 2 is 2.05 bits per heavy atom. The Morgan fingerprint density at radius 3 is 2.71 bits per heavy atom. The van der Waals surface area contributed by atoms with Gasteiger partial charge < -0.3 is 15.8 Å². The number of ether oxygens (including phenoxy) is 1. The minimum Gasteiger partial charge on any atom is -0.469 e. The van der Waals surface area contributed by atoms with E-state index in [0.717, 1.165) is 12.8 Å². The number of methoxy groups -OCH3 is 1. The lowest BCUT2D eigenvalue weighted by molar-refractivity contribution is -0.140. The van der Waals surface area contributed by atoms with Gasteiger partial charge in [-0.15, -0.1) is 0 Å². The fraction of sp³-hybridized carbons (Fsp3) is 0.867. The van der Waals surface area contributed by atoms with Crippen molar-refractivity contribution in [1.29, 1.82) is 0 Å². The topological polar surface area (TPSA) is 84.7 Å². The molecule has 6 heteroatoms. The zero-order valence-corrected chi connectivity index (χ0v) is 13.3. The summed E-state index contributed by atoms with van der Waals surface area (Å²) in [6.07, 6.45) is 5.68. The number of nitrogens with two attached hydrogens (primary N) is 1. The number of carbonyl (C=O) groups is 2. The number of hydrogen-bond acceptors (Lipinski definition) is 5. The number of hydrogen-bond donors (Lipinski definition) is 2. The van der Waals surface area contributed by atoms with Crippen molar-refractivity contribution in [2.24, 2.45) is 11.7 Å². The predicted molar refractivity (Wildman–Crippen MR) is 81.7 cm³/mol. The first-order valence-electron chi connectivity index (χ1n) is 7.82. The summed E-state index contributed by atoms with van der Waals surface area (Å²) in [5, 5.41) is 2.85. The van der Waals surface area contributed by atoms with Gasteiger partial charge in [0.2, 0.25) is 5.91 Å². The highest BCUT2D eigenvalue weighted by Crippen LogP contribution is 2.26. The van der Waals surface area contributed by atoms with E-state index in [2.05, 4.69) is 15.0 Å². The Bertz CT molecular complexity index is 336. The summed E-state index contributed by atoms with van der Waals surface area (Å²) in [6.45, 7) is 1.59. The summed E-state index contributed by atoms with van der Waals surface area (Å²) in [6, 6.07) is 0.407. The molecule has 0 aromatic rings. The lowest BCUT2D eigenvalue weighted by Gasteiger charge is -2.37. The molecule has 3 N–H and O–H groups in total. The van der Waals surface area contributed by atoms with Gasteiger partial charge in [-0.2, -0.15) is 0 Å². The highest BCUT2D eigenvalue weighted by Gasteiger charge is 2.27. The average Bonchev–Trinajstić information content (AvgIpc) is 2.51. The SMILES string of the molecule is COC(=O)CCCNC(=O)CN(C)C1CCCCC1CN. The maximum atomic E-state index is 11.9. The molecule has 1 rings (SSSR count). The highest BCUT2D eigenvalue weighted by molar-refractivity contribution is 5.78. The molecule has 21 heavy (non-hydrogen) atoms. The summed E-state index contributed by atoms with van der Waals surface area (Å²) in [5.41, 5.74) is 5.83. The Labute approximate surface area is 127 Å². The molecular weight excluding hydrogens is 270 g/mol. The Kier molecular flexibility index (Phi) is 8.30. The number of likely N-dealkylation sites (N-methyl/N-ethyl adjacent to an activating group) is 1. The molecule has 2 atom stereocenters. The van der Waals surface area contributed by atoms with E-state index in [0.29, 0.717) is 44.4 Å². The fourth-order valence-electron chi connectivity index (χ4n) is 3.01. The van der Waals surface area contributed by atoms with Crippen LogP contribution in [-0.2, 0) is 14.3 Å². The molecule has 0 spiro atoms.